The first-order chi connectivity index (χ1) is 11.2. The zero-order valence-corrected chi connectivity index (χ0v) is 15.8. The Labute approximate surface area is 148 Å². The third-order valence-corrected chi connectivity index (χ3v) is 4.04. The van der Waals surface area contributed by atoms with Gasteiger partial charge in [-0.2, -0.15) is 0 Å². The number of esters is 1. The molecule has 2 rings (SSSR count). The number of carbonyl (C=O) groups is 1. The Morgan fingerprint density at radius 1 is 1.42 bits per heavy atom. The lowest BCUT2D eigenvalue weighted by Gasteiger charge is -2.20. The van der Waals surface area contributed by atoms with E-state index in [2.05, 4.69) is 41.7 Å². The summed E-state index contributed by atoms with van der Waals surface area (Å²) in [6.45, 7) is 8.35. The molecule has 0 radical (unpaired) electrons. The summed E-state index contributed by atoms with van der Waals surface area (Å²) < 4.78 is 6.99. The number of halogens is 1. The molecule has 2 heterocycles. The van der Waals surface area contributed by atoms with Gasteiger partial charge < -0.3 is 9.84 Å². The van der Waals surface area contributed by atoms with E-state index in [0.717, 1.165) is 0 Å². The number of aryl methyl sites for hydroxylation is 1. The summed E-state index contributed by atoms with van der Waals surface area (Å²) in [6.07, 6.45) is 2.27. The predicted octanol–water partition coefficient (Wildman–Crippen LogP) is 3.48. The number of aromatic nitrogens is 2. The van der Waals surface area contributed by atoms with Gasteiger partial charge in [-0.25, -0.2) is 9.78 Å². The lowest BCUT2D eigenvalue weighted by Crippen LogP contribution is -2.29. The van der Waals surface area contributed by atoms with E-state index >= 15 is 0 Å². The summed E-state index contributed by atoms with van der Waals surface area (Å²) in [7, 11) is 0. The van der Waals surface area contributed by atoms with E-state index in [1.165, 1.54) is 4.57 Å². The molecular weight excluding hydrogens is 376 g/mol. The van der Waals surface area contributed by atoms with Crippen molar-refractivity contribution in [1.29, 1.82) is 0 Å². The summed E-state index contributed by atoms with van der Waals surface area (Å²) in [6, 6.07) is 1.63. The molecule has 24 heavy (non-hydrogen) atoms. The summed E-state index contributed by atoms with van der Waals surface area (Å²) in [5.74, 6) is -1.22. The van der Waals surface area contributed by atoms with Crippen LogP contribution >= 0.6 is 15.9 Å². The van der Waals surface area contributed by atoms with Crippen LogP contribution in [-0.2, 0) is 11.3 Å². The summed E-state index contributed by atoms with van der Waals surface area (Å²) in [5, 5.41) is 10.8. The number of carbonyl (C=O) groups excluding carboxylic acids is 1. The molecule has 0 saturated carbocycles. The van der Waals surface area contributed by atoms with Gasteiger partial charge >= 0.3 is 5.97 Å². The first kappa shape index (κ1) is 18.4. The van der Waals surface area contributed by atoms with Crippen LogP contribution in [0.1, 0.15) is 44.5 Å². The van der Waals surface area contributed by atoms with Crippen LogP contribution in [0.25, 0.3) is 11.0 Å². The van der Waals surface area contributed by atoms with Crippen LogP contribution in [-0.4, -0.2) is 27.2 Å². The number of nitrogens with zero attached hydrogens (tertiary/aromatic N) is 2. The van der Waals surface area contributed by atoms with Crippen molar-refractivity contribution < 1.29 is 14.6 Å². The van der Waals surface area contributed by atoms with Crippen molar-refractivity contribution in [1.82, 2.24) is 9.55 Å². The van der Waals surface area contributed by atoms with Crippen molar-refractivity contribution in [3.63, 3.8) is 0 Å². The van der Waals surface area contributed by atoms with E-state index in [1.54, 1.807) is 19.2 Å². The fourth-order valence-electron chi connectivity index (χ4n) is 2.33. The summed E-state index contributed by atoms with van der Waals surface area (Å²) in [4.78, 5) is 29.2. The second-order valence-corrected chi connectivity index (χ2v) is 7.65. The Hall–Kier alpha value is -1.89. The molecule has 0 aliphatic carbocycles. The van der Waals surface area contributed by atoms with Crippen molar-refractivity contribution in [2.24, 2.45) is 5.41 Å². The molecule has 0 aliphatic heterocycles. The molecule has 0 amide bonds. The average molecular weight is 397 g/mol. The third-order valence-electron chi connectivity index (χ3n) is 3.60. The minimum absolute atomic E-state index is 0.00308. The number of hydrogen-bond donors (Lipinski definition) is 1. The topological polar surface area (TPSA) is 81.4 Å². The normalized spacial score (nSPS) is 11.7. The van der Waals surface area contributed by atoms with Gasteiger partial charge in [0.1, 0.15) is 11.4 Å². The predicted molar refractivity (Wildman–Crippen MR) is 95.4 cm³/mol. The first-order valence-corrected chi connectivity index (χ1v) is 8.53. The number of pyridine rings is 2. The molecule has 0 aliphatic rings. The van der Waals surface area contributed by atoms with Crippen molar-refractivity contribution in [3.8, 4) is 5.75 Å². The van der Waals surface area contributed by atoms with Crippen LogP contribution in [0, 0.1) is 5.41 Å². The van der Waals surface area contributed by atoms with Gasteiger partial charge in [0.05, 0.1) is 12.0 Å². The maximum absolute atomic E-state index is 12.8. The number of fused-ring (bicyclic) bond motifs is 1. The van der Waals surface area contributed by atoms with Crippen LogP contribution in [0.3, 0.4) is 0 Å². The van der Waals surface area contributed by atoms with E-state index in [-0.39, 0.29) is 17.6 Å². The number of ether oxygens (including phenoxy) is 1. The summed E-state index contributed by atoms with van der Waals surface area (Å²) >= 11 is 3.30. The number of aromatic hydroxyl groups is 1. The molecule has 6 nitrogen and oxygen atoms in total. The van der Waals surface area contributed by atoms with E-state index in [0.29, 0.717) is 28.5 Å². The second-order valence-electron chi connectivity index (χ2n) is 6.74. The van der Waals surface area contributed by atoms with Gasteiger partial charge in [-0.3, -0.25) is 9.36 Å². The number of hydrogen-bond acceptors (Lipinski definition) is 5. The molecule has 0 spiro atoms. The van der Waals surface area contributed by atoms with Crippen LogP contribution in [0.2, 0.25) is 0 Å². The Bertz CT molecular complexity index is 837. The van der Waals surface area contributed by atoms with Gasteiger partial charge in [-0.1, -0.05) is 20.8 Å². The monoisotopic (exact) mass is 396 g/mol. The molecule has 130 valence electrons. The molecule has 2 aromatic heterocycles. The minimum Gasteiger partial charge on any atom is -0.506 e. The van der Waals surface area contributed by atoms with Gasteiger partial charge in [0, 0.05) is 17.2 Å². The average Bonchev–Trinajstić information content (AvgIpc) is 2.47. The fourth-order valence-corrected chi connectivity index (χ4v) is 2.66. The highest BCUT2D eigenvalue weighted by Crippen LogP contribution is 2.29. The molecule has 0 bridgehead atoms. The SMILES string of the molecule is CCOC(=O)c1c(O)c2cc(Br)cnc2n(CCC(C)(C)C)c1=O. The zero-order chi connectivity index (χ0) is 18.1. The van der Waals surface area contributed by atoms with Gasteiger partial charge in [-0.15, -0.1) is 0 Å². The minimum atomic E-state index is -0.827. The lowest BCUT2D eigenvalue weighted by molar-refractivity contribution is 0.0520. The summed E-state index contributed by atoms with van der Waals surface area (Å²) in [5.41, 5.74) is -0.586. The maximum atomic E-state index is 12.8. The van der Waals surface area contributed by atoms with Crippen LogP contribution in [0.5, 0.6) is 5.75 Å². The van der Waals surface area contributed by atoms with Gasteiger partial charge in [0.15, 0.2) is 5.56 Å². The van der Waals surface area contributed by atoms with Gasteiger partial charge in [0.2, 0.25) is 0 Å². The molecule has 2 aromatic rings. The Kier molecular flexibility index (Phi) is 5.32. The highest BCUT2D eigenvalue weighted by Gasteiger charge is 2.24. The molecule has 7 heteroatoms. The first-order valence-electron chi connectivity index (χ1n) is 7.74. The molecule has 0 unspecified atom stereocenters. The van der Waals surface area contributed by atoms with E-state index < -0.39 is 17.3 Å². The Morgan fingerprint density at radius 3 is 2.67 bits per heavy atom. The lowest BCUT2D eigenvalue weighted by atomic mass is 9.92. The smallest absolute Gasteiger partial charge is 0.347 e. The molecule has 0 aromatic carbocycles. The van der Waals surface area contributed by atoms with Crippen molar-refractivity contribution >= 4 is 32.9 Å². The van der Waals surface area contributed by atoms with E-state index in [9.17, 15) is 14.7 Å². The van der Waals surface area contributed by atoms with Crippen molar-refractivity contribution in [2.45, 2.75) is 40.7 Å². The highest BCUT2D eigenvalue weighted by atomic mass is 79.9. The third kappa shape index (κ3) is 3.77. The standard InChI is InChI=1S/C17H21BrN2O4/c1-5-24-16(23)12-13(21)11-8-10(18)9-19-14(11)20(15(12)22)7-6-17(2,3)4/h8-9,21H,5-7H2,1-4H3. The van der Waals surface area contributed by atoms with Crippen LogP contribution < -0.4 is 5.56 Å². The Morgan fingerprint density at radius 2 is 2.08 bits per heavy atom. The molecule has 1 N–H and O–H groups in total. The number of rotatable bonds is 4. The zero-order valence-electron chi connectivity index (χ0n) is 14.2. The van der Waals surface area contributed by atoms with Crippen molar-refractivity contribution in [2.75, 3.05) is 6.61 Å². The molecule has 0 saturated heterocycles. The molecular formula is C17H21BrN2O4. The van der Waals surface area contributed by atoms with Gasteiger partial charge in [0.25, 0.3) is 5.56 Å². The highest BCUT2D eigenvalue weighted by molar-refractivity contribution is 9.10. The maximum Gasteiger partial charge on any atom is 0.347 e. The van der Waals surface area contributed by atoms with Crippen LogP contribution in [0.4, 0.5) is 0 Å². The second kappa shape index (κ2) is 6.93. The Balaban J connectivity index is 2.74. The largest absolute Gasteiger partial charge is 0.506 e. The molecule has 0 atom stereocenters. The van der Waals surface area contributed by atoms with Crippen molar-refractivity contribution in [3.05, 3.63) is 32.7 Å². The fraction of sp³-hybridized carbons (Fsp3) is 0.471. The van der Waals surface area contributed by atoms with Gasteiger partial charge in [-0.05, 0) is 40.8 Å². The van der Waals surface area contributed by atoms with E-state index in [1.807, 2.05) is 0 Å². The van der Waals surface area contributed by atoms with E-state index in [4.69, 9.17) is 4.74 Å². The quantitative estimate of drug-likeness (QED) is 0.799. The molecule has 0 fully saturated rings. The van der Waals surface area contributed by atoms with Crippen LogP contribution in [0.15, 0.2) is 21.5 Å².